The molecule has 2 aromatic rings. The summed E-state index contributed by atoms with van der Waals surface area (Å²) >= 11 is 1.83. The number of rotatable bonds is 2. The average Bonchev–Trinajstić information content (AvgIpc) is 2.82. The zero-order chi connectivity index (χ0) is 11.7. The van der Waals surface area contributed by atoms with E-state index in [0.717, 1.165) is 6.42 Å². The molecule has 0 fully saturated rings. The number of thiophene rings is 1. The molecular weight excluding hydrogens is 228 g/mol. The van der Waals surface area contributed by atoms with Crippen LogP contribution in [0.15, 0.2) is 54.6 Å². The van der Waals surface area contributed by atoms with Gasteiger partial charge < -0.3 is 4.74 Å². The smallest absolute Gasteiger partial charge is 0.0956 e. The van der Waals surface area contributed by atoms with Crippen LogP contribution in [0.5, 0.6) is 0 Å². The molecule has 0 bridgehead atoms. The van der Waals surface area contributed by atoms with Gasteiger partial charge in [0, 0.05) is 9.58 Å². The number of benzene rings is 1. The van der Waals surface area contributed by atoms with Gasteiger partial charge in [-0.1, -0.05) is 36.9 Å². The molecule has 0 radical (unpaired) electrons. The predicted octanol–water partition coefficient (Wildman–Crippen LogP) is 4.48. The summed E-state index contributed by atoms with van der Waals surface area (Å²) in [5, 5.41) is 1.31. The van der Waals surface area contributed by atoms with E-state index in [1.165, 1.54) is 20.5 Å². The van der Waals surface area contributed by atoms with Crippen LogP contribution in [0.1, 0.15) is 17.4 Å². The maximum Gasteiger partial charge on any atom is 0.0956 e. The van der Waals surface area contributed by atoms with Crippen LogP contribution in [-0.4, -0.2) is 6.61 Å². The van der Waals surface area contributed by atoms with Crippen LogP contribution in [-0.2, 0) is 4.74 Å². The van der Waals surface area contributed by atoms with Gasteiger partial charge in [0.2, 0.25) is 0 Å². The van der Waals surface area contributed by atoms with E-state index < -0.39 is 0 Å². The number of fused-ring (bicyclic) bond motifs is 1. The minimum Gasteiger partial charge on any atom is -0.368 e. The third-order valence-electron chi connectivity index (χ3n) is 3.07. The first-order valence-electron chi connectivity index (χ1n) is 5.78. The second-order valence-corrected chi connectivity index (χ2v) is 5.32. The van der Waals surface area contributed by atoms with Gasteiger partial charge >= 0.3 is 0 Å². The highest BCUT2D eigenvalue weighted by atomic mass is 32.1. The fourth-order valence-corrected chi connectivity index (χ4v) is 3.21. The molecule has 1 atom stereocenters. The first-order valence-corrected chi connectivity index (χ1v) is 6.60. The van der Waals surface area contributed by atoms with Crippen molar-refractivity contribution in [3.8, 4) is 0 Å². The van der Waals surface area contributed by atoms with Crippen molar-refractivity contribution in [2.24, 2.45) is 0 Å². The van der Waals surface area contributed by atoms with Crippen LogP contribution < -0.4 is 0 Å². The van der Waals surface area contributed by atoms with Crippen LogP contribution >= 0.6 is 11.3 Å². The van der Waals surface area contributed by atoms with Gasteiger partial charge in [-0.25, -0.2) is 0 Å². The molecule has 1 aromatic heterocycles. The van der Waals surface area contributed by atoms with Gasteiger partial charge in [-0.05, 0) is 29.5 Å². The SMILES string of the molecule is C=CC1=CCC(c2cc3ccccc3s2)OC1. The van der Waals surface area contributed by atoms with Crippen LogP contribution in [0, 0.1) is 0 Å². The molecule has 2 heterocycles. The van der Waals surface area contributed by atoms with Crippen molar-refractivity contribution in [2.75, 3.05) is 6.61 Å². The summed E-state index contributed by atoms with van der Waals surface area (Å²) in [5.74, 6) is 0. The van der Waals surface area contributed by atoms with Gasteiger partial charge in [-0.2, -0.15) is 0 Å². The second kappa shape index (κ2) is 4.47. The van der Waals surface area contributed by atoms with Crippen molar-refractivity contribution in [1.29, 1.82) is 0 Å². The lowest BCUT2D eigenvalue weighted by Crippen LogP contribution is -2.09. The van der Waals surface area contributed by atoms with Gasteiger partial charge in [0.15, 0.2) is 0 Å². The summed E-state index contributed by atoms with van der Waals surface area (Å²) in [7, 11) is 0. The van der Waals surface area contributed by atoms with E-state index >= 15 is 0 Å². The van der Waals surface area contributed by atoms with E-state index in [2.05, 4.69) is 43.0 Å². The Bertz CT molecular complexity index is 546. The Hall–Kier alpha value is -1.38. The highest BCUT2D eigenvalue weighted by molar-refractivity contribution is 7.19. The van der Waals surface area contributed by atoms with E-state index in [1.54, 1.807) is 0 Å². The van der Waals surface area contributed by atoms with Gasteiger partial charge in [0.1, 0.15) is 0 Å². The van der Waals surface area contributed by atoms with Gasteiger partial charge in [-0.3, -0.25) is 0 Å². The minimum absolute atomic E-state index is 0.219. The number of hydrogen-bond donors (Lipinski definition) is 0. The van der Waals surface area contributed by atoms with Crippen LogP contribution in [0.25, 0.3) is 10.1 Å². The zero-order valence-electron chi connectivity index (χ0n) is 9.56. The molecule has 86 valence electrons. The maximum atomic E-state index is 5.87. The predicted molar refractivity (Wildman–Crippen MR) is 73.4 cm³/mol. The third-order valence-corrected chi connectivity index (χ3v) is 4.28. The molecule has 1 aliphatic rings. The Balaban J connectivity index is 1.90. The molecule has 0 saturated carbocycles. The largest absolute Gasteiger partial charge is 0.368 e. The van der Waals surface area contributed by atoms with Crippen LogP contribution in [0.2, 0.25) is 0 Å². The van der Waals surface area contributed by atoms with Crippen LogP contribution in [0.3, 0.4) is 0 Å². The van der Waals surface area contributed by atoms with Crippen molar-refractivity contribution >= 4 is 21.4 Å². The first-order chi connectivity index (χ1) is 8.36. The Labute approximate surface area is 105 Å². The van der Waals surface area contributed by atoms with Crippen molar-refractivity contribution in [1.82, 2.24) is 0 Å². The Morgan fingerprint density at radius 3 is 2.94 bits per heavy atom. The molecule has 1 nitrogen and oxygen atoms in total. The van der Waals surface area contributed by atoms with Crippen molar-refractivity contribution in [3.63, 3.8) is 0 Å². The molecule has 1 unspecified atom stereocenters. The first kappa shape index (κ1) is 10.8. The highest BCUT2D eigenvalue weighted by Crippen LogP contribution is 2.35. The van der Waals surface area contributed by atoms with E-state index in [9.17, 15) is 0 Å². The standard InChI is InChI=1S/C15H14OS/c1-2-11-7-8-13(16-10-11)15-9-12-5-3-4-6-14(12)17-15/h2-7,9,13H,1,8,10H2. The number of ether oxygens (including phenoxy) is 1. The monoisotopic (exact) mass is 242 g/mol. The fraction of sp³-hybridized carbons (Fsp3) is 0.200. The Morgan fingerprint density at radius 2 is 2.24 bits per heavy atom. The molecule has 3 rings (SSSR count). The summed E-state index contributed by atoms with van der Waals surface area (Å²) in [6.45, 7) is 4.45. The Kier molecular flexibility index (Phi) is 2.83. The zero-order valence-corrected chi connectivity index (χ0v) is 10.4. The fourth-order valence-electron chi connectivity index (χ4n) is 2.08. The van der Waals surface area contributed by atoms with Crippen molar-refractivity contribution < 1.29 is 4.74 Å². The minimum atomic E-state index is 0.219. The molecule has 0 aliphatic carbocycles. The van der Waals surface area contributed by atoms with Gasteiger partial charge in [0.25, 0.3) is 0 Å². The lowest BCUT2D eigenvalue weighted by Gasteiger charge is -2.20. The summed E-state index contributed by atoms with van der Waals surface area (Å²) in [6, 6.07) is 10.7. The number of hydrogen-bond acceptors (Lipinski definition) is 2. The molecule has 2 heteroatoms. The van der Waals surface area contributed by atoms with E-state index in [-0.39, 0.29) is 6.10 Å². The van der Waals surface area contributed by atoms with Crippen molar-refractivity contribution in [3.05, 3.63) is 59.5 Å². The highest BCUT2D eigenvalue weighted by Gasteiger charge is 2.17. The maximum absolute atomic E-state index is 5.87. The molecule has 17 heavy (non-hydrogen) atoms. The van der Waals surface area contributed by atoms with Gasteiger partial charge in [0.05, 0.1) is 12.7 Å². The molecule has 1 aromatic carbocycles. The van der Waals surface area contributed by atoms with Crippen LogP contribution in [0.4, 0.5) is 0 Å². The van der Waals surface area contributed by atoms with E-state index in [1.807, 2.05) is 17.4 Å². The summed E-state index contributed by atoms with van der Waals surface area (Å²) < 4.78 is 7.21. The molecule has 0 spiro atoms. The van der Waals surface area contributed by atoms with Gasteiger partial charge in [-0.15, -0.1) is 11.3 Å². The molecular formula is C15H14OS. The average molecular weight is 242 g/mol. The quantitative estimate of drug-likeness (QED) is 0.754. The third kappa shape index (κ3) is 2.06. The van der Waals surface area contributed by atoms with E-state index in [4.69, 9.17) is 4.74 Å². The van der Waals surface area contributed by atoms with E-state index in [0.29, 0.717) is 6.61 Å². The summed E-state index contributed by atoms with van der Waals surface area (Å²) in [4.78, 5) is 1.32. The molecule has 0 N–H and O–H groups in total. The summed E-state index contributed by atoms with van der Waals surface area (Å²) in [5.41, 5.74) is 1.20. The Morgan fingerprint density at radius 1 is 1.35 bits per heavy atom. The topological polar surface area (TPSA) is 9.23 Å². The lowest BCUT2D eigenvalue weighted by molar-refractivity contribution is 0.0661. The lowest BCUT2D eigenvalue weighted by atomic mass is 10.1. The van der Waals surface area contributed by atoms with Crippen molar-refractivity contribution in [2.45, 2.75) is 12.5 Å². The molecule has 0 saturated heterocycles. The molecule has 1 aliphatic heterocycles. The second-order valence-electron chi connectivity index (χ2n) is 4.21. The normalized spacial score (nSPS) is 20.2. The summed E-state index contributed by atoms with van der Waals surface area (Å²) in [6.07, 6.45) is 5.28. The molecule has 0 amide bonds.